The van der Waals surface area contributed by atoms with E-state index in [0.717, 1.165) is 16.8 Å². The molecule has 5 heteroatoms. The van der Waals surface area contributed by atoms with Crippen molar-refractivity contribution in [2.24, 2.45) is 7.05 Å². The number of aliphatic hydroxyl groups is 1. The van der Waals surface area contributed by atoms with Gasteiger partial charge in [0.05, 0.1) is 11.8 Å². The van der Waals surface area contributed by atoms with Crippen molar-refractivity contribution in [1.82, 2.24) is 9.78 Å². The van der Waals surface area contributed by atoms with Gasteiger partial charge in [-0.05, 0) is 19.4 Å². The molecule has 2 aromatic rings. The molecule has 2 rings (SSSR count). The molecule has 0 aliphatic carbocycles. The highest BCUT2D eigenvalue weighted by Crippen LogP contribution is 2.28. The van der Waals surface area contributed by atoms with E-state index in [1.54, 1.807) is 11.7 Å². The maximum Gasteiger partial charge on any atom is 0.133 e. The van der Waals surface area contributed by atoms with Gasteiger partial charge in [0, 0.05) is 18.2 Å². The van der Waals surface area contributed by atoms with Crippen molar-refractivity contribution in [3.8, 4) is 5.75 Å². The van der Waals surface area contributed by atoms with Crippen molar-refractivity contribution >= 4 is 11.6 Å². The van der Waals surface area contributed by atoms with Crippen molar-refractivity contribution in [3.05, 3.63) is 46.2 Å². The van der Waals surface area contributed by atoms with Crippen LogP contribution in [0, 0.1) is 6.92 Å². The summed E-state index contributed by atoms with van der Waals surface area (Å²) in [7, 11) is 1.80. The van der Waals surface area contributed by atoms with Gasteiger partial charge in [-0.3, -0.25) is 4.68 Å². The summed E-state index contributed by atoms with van der Waals surface area (Å²) < 4.78 is 7.45. The van der Waals surface area contributed by atoms with Crippen molar-refractivity contribution in [3.63, 3.8) is 0 Å². The second-order valence-corrected chi connectivity index (χ2v) is 5.09. The molecule has 0 unspecified atom stereocenters. The summed E-state index contributed by atoms with van der Waals surface area (Å²) in [6.45, 7) is 4.17. The molecule has 20 heavy (non-hydrogen) atoms. The average molecular weight is 295 g/mol. The van der Waals surface area contributed by atoms with Crippen LogP contribution in [0.25, 0.3) is 0 Å². The van der Waals surface area contributed by atoms with Gasteiger partial charge in [-0.25, -0.2) is 0 Å². The van der Waals surface area contributed by atoms with Crippen LogP contribution in [0.4, 0.5) is 0 Å². The molecule has 1 N–H and O–H groups in total. The third-order valence-corrected chi connectivity index (χ3v) is 3.78. The Labute approximate surface area is 123 Å². The van der Waals surface area contributed by atoms with Crippen LogP contribution in [0.2, 0.25) is 5.15 Å². The third kappa shape index (κ3) is 2.97. The van der Waals surface area contributed by atoms with Gasteiger partial charge in [0.25, 0.3) is 0 Å². The summed E-state index contributed by atoms with van der Waals surface area (Å²) in [5.41, 5.74) is 2.52. The van der Waals surface area contributed by atoms with Crippen LogP contribution in [0.3, 0.4) is 0 Å². The fourth-order valence-corrected chi connectivity index (χ4v) is 2.32. The predicted octanol–water partition coefficient (Wildman–Crippen LogP) is 3.40. The minimum absolute atomic E-state index is 0.339. The van der Waals surface area contributed by atoms with Crippen LogP contribution in [0.5, 0.6) is 5.75 Å². The maximum absolute atomic E-state index is 10.00. The molecular formula is C15H19ClN2O2. The van der Waals surface area contributed by atoms with Gasteiger partial charge in [-0.1, -0.05) is 36.7 Å². The lowest BCUT2D eigenvalue weighted by atomic mass is 10.1. The van der Waals surface area contributed by atoms with E-state index in [1.165, 1.54) is 0 Å². The van der Waals surface area contributed by atoms with E-state index in [4.69, 9.17) is 16.3 Å². The van der Waals surface area contributed by atoms with E-state index in [9.17, 15) is 5.11 Å². The first-order valence-electron chi connectivity index (χ1n) is 6.62. The molecule has 0 aliphatic rings. The van der Waals surface area contributed by atoms with Crippen molar-refractivity contribution < 1.29 is 9.84 Å². The Morgan fingerprint density at radius 1 is 1.40 bits per heavy atom. The summed E-state index contributed by atoms with van der Waals surface area (Å²) in [6, 6.07) is 7.51. The number of benzene rings is 1. The second kappa shape index (κ2) is 6.29. The number of rotatable bonds is 5. The SMILES string of the molecule is CC[C@H](O)c1ccccc1OCc1c(C)nn(C)c1Cl. The molecule has 4 nitrogen and oxygen atoms in total. The first kappa shape index (κ1) is 14.9. The normalized spacial score (nSPS) is 12.4. The molecule has 0 fully saturated rings. The van der Waals surface area contributed by atoms with Crippen LogP contribution >= 0.6 is 11.6 Å². The van der Waals surface area contributed by atoms with Crippen LogP contribution in [-0.2, 0) is 13.7 Å². The van der Waals surface area contributed by atoms with E-state index in [1.807, 2.05) is 38.1 Å². The summed E-state index contributed by atoms with van der Waals surface area (Å²) in [6.07, 6.45) is 0.129. The summed E-state index contributed by atoms with van der Waals surface area (Å²) in [5, 5.41) is 14.8. The molecular weight excluding hydrogens is 276 g/mol. The van der Waals surface area contributed by atoms with Crippen LogP contribution in [0.15, 0.2) is 24.3 Å². The predicted molar refractivity (Wildman–Crippen MR) is 79.0 cm³/mol. The molecule has 0 spiro atoms. The van der Waals surface area contributed by atoms with E-state index >= 15 is 0 Å². The molecule has 1 atom stereocenters. The van der Waals surface area contributed by atoms with Crippen molar-refractivity contribution in [2.75, 3.05) is 0 Å². The summed E-state index contributed by atoms with van der Waals surface area (Å²) >= 11 is 6.18. The number of aromatic nitrogens is 2. The minimum atomic E-state index is -0.517. The van der Waals surface area contributed by atoms with Crippen molar-refractivity contribution in [1.29, 1.82) is 0 Å². The highest BCUT2D eigenvalue weighted by atomic mass is 35.5. The zero-order chi connectivity index (χ0) is 14.7. The highest BCUT2D eigenvalue weighted by molar-refractivity contribution is 6.30. The molecule has 0 bridgehead atoms. The number of nitrogens with zero attached hydrogens (tertiary/aromatic N) is 2. The smallest absolute Gasteiger partial charge is 0.133 e. The van der Waals surface area contributed by atoms with Gasteiger partial charge >= 0.3 is 0 Å². The monoisotopic (exact) mass is 294 g/mol. The lowest BCUT2D eigenvalue weighted by Gasteiger charge is -2.14. The molecule has 0 amide bonds. The number of aryl methyl sites for hydroxylation is 2. The number of ether oxygens (including phenoxy) is 1. The van der Waals surface area contributed by atoms with E-state index in [0.29, 0.717) is 23.9 Å². The fourth-order valence-electron chi connectivity index (χ4n) is 2.09. The second-order valence-electron chi connectivity index (χ2n) is 4.73. The minimum Gasteiger partial charge on any atom is -0.488 e. The van der Waals surface area contributed by atoms with Gasteiger partial charge < -0.3 is 9.84 Å². The van der Waals surface area contributed by atoms with E-state index < -0.39 is 6.10 Å². The lowest BCUT2D eigenvalue weighted by molar-refractivity contribution is 0.166. The van der Waals surface area contributed by atoms with Gasteiger partial charge in [0.1, 0.15) is 17.5 Å². The molecule has 0 aliphatic heterocycles. The topological polar surface area (TPSA) is 47.3 Å². The van der Waals surface area contributed by atoms with Gasteiger partial charge in [-0.15, -0.1) is 0 Å². The zero-order valence-electron chi connectivity index (χ0n) is 11.9. The van der Waals surface area contributed by atoms with E-state index in [2.05, 4.69) is 5.10 Å². The van der Waals surface area contributed by atoms with Crippen LogP contribution < -0.4 is 4.74 Å². The Balaban J connectivity index is 2.19. The average Bonchev–Trinajstić information content (AvgIpc) is 2.70. The molecule has 108 valence electrons. The quantitative estimate of drug-likeness (QED) is 0.919. The van der Waals surface area contributed by atoms with Crippen LogP contribution in [-0.4, -0.2) is 14.9 Å². The Morgan fingerprint density at radius 3 is 2.70 bits per heavy atom. The van der Waals surface area contributed by atoms with Gasteiger partial charge in [-0.2, -0.15) is 5.10 Å². The Hall–Kier alpha value is -1.52. The molecule has 0 radical (unpaired) electrons. The first-order valence-corrected chi connectivity index (χ1v) is 7.00. The zero-order valence-corrected chi connectivity index (χ0v) is 12.7. The van der Waals surface area contributed by atoms with Crippen LogP contribution in [0.1, 0.15) is 36.3 Å². The summed E-state index contributed by atoms with van der Waals surface area (Å²) in [4.78, 5) is 0. The Bertz CT molecular complexity index is 596. The molecule has 0 saturated heterocycles. The largest absolute Gasteiger partial charge is 0.488 e. The maximum atomic E-state index is 10.00. The third-order valence-electron chi connectivity index (χ3n) is 3.31. The molecule has 1 heterocycles. The molecule has 1 aromatic heterocycles. The standard InChI is InChI=1S/C15H19ClN2O2/c1-4-13(19)11-7-5-6-8-14(11)20-9-12-10(2)17-18(3)15(12)16/h5-8,13,19H,4,9H2,1-3H3/t13-/m0/s1. The van der Waals surface area contributed by atoms with Crippen molar-refractivity contribution in [2.45, 2.75) is 33.0 Å². The molecule has 0 saturated carbocycles. The highest BCUT2D eigenvalue weighted by Gasteiger charge is 2.14. The fraction of sp³-hybridized carbons (Fsp3) is 0.400. The number of halogens is 1. The first-order chi connectivity index (χ1) is 9.54. The van der Waals surface area contributed by atoms with Gasteiger partial charge in [0.15, 0.2) is 0 Å². The summed E-state index contributed by atoms with van der Waals surface area (Å²) in [5.74, 6) is 0.682. The number of hydrogen-bond donors (Lipinski definition) is 1. The Kier molecular flexibility index (Phi) is 4.68. The number of hydrogen-bond acceptors (Lipinski definition) is 3. The van der Waals surface area contributed by atoms with Gasteiger partial charge in [0.2, 0.25) is 0 Å². The molecule has 1 aromatic carbocycles. The Morgan fingerprint density at radius 2 is 2.10 bits per heavy atom. The lowest BCUT2D eigenvalue weighted by Crippen LogP contribution is -2.03. The number of para-hydroxylation sites is 1. The van der Waals surface area contributed by atoms with E-state index in [-0.39, 0.29) is 0 Å². The number of aliphatic hydroxyl groups excluding tert-OH is 1.